The van der Waals surface area contributed by atoms with E-state index in [2.05, 4.69) is 4.98 Å². The van der Waals surface area contributed by atoms with E-state index in [0.29, 0.717) is 23.1 Å². The summed E-state index contributed by atoms with van der Waals surface area (Å²) in [6.07, 6.45) is 0. The minimum atomic E-state index is -0.933. The van der Waals surface area contributed by atoms with E-state index < -0.39 is 5.97 Å². The molecule has 0 aliphatic rings. The second-order valence-corrected chi connectivity index (χ2v) is 6.58. The molecule has 4 rings (SSSR count). The number of para-hydroxylation sites is 1. The molecule has 0 bridgehead atoms. The molecule has 4 nitrogen and oxygen atoms in total. The molecule has 29 heavy (non-hydrogen) atoms. The van der Waals surface area contributed by atoms with Crippen molar-refractivity contribution in [3.05, 3.63) is 101 Å². The number of rotatable bonds is 3. The van der Waals surface area contributed by atoms with Gasteiger partial charge in [0.25, 0.3) is 0 Å². The Kier molecular flexibility index (Phi) is 6.32. The molecule has 0 saturated heterocycles. The number of carbonyl (C=O) groups is 1. The number of hydrogen-bond acceptors (Lipinski definition) is 3. The molecule has 0 spiro atoms. The first-order chi connectivity index (χ1) is 14.0. The summed E-state index contributed by atoms with van der Waals surface area (Å²) < 4.78 is 12.2. The first-order valence-corrected chi connectivity index (χ1v) is 9.12. The van der Waals surface area contributed by atoms with E-state index in [1.807, 2.05) is 49.4 Å². The SMILES string of the molecule is Cc1cccc(-c2cc(C(=O)O)c3ccccc3n2)c1.NCc1ccc(F)cc1. The van der Waals surface area contributed by atoms with Crippen LogP contribution in [-0.2, 0) is 6.54 Å². The third-order valence-corrected chi connectivity index (χ3v) is 4.41. The molecule has 0 radical (unpaired) electrons. The molecule has 0 aliphatic carbocycles. The van der Waals surface area contributed by atoms with Gasteiger partial charge in [-0.25, -0.2) is 14.2 Å². The maximum atomic E-state index is 12.2. The van der Waals surface area contributed by atoms with E-state index in [1.54, 1.807) is 24.3 Å². The minimum Gasteiger partial charge on any atom is -0.478 e. The van der Waals surface area contributed by atoms with Crippen LogP contribution in [0.15, 0.2) is 78.9 Å². The molecular weight excluding hydrogens is 367 g/mol. The van der Waals surface area contributed by atoms with Gasteiger partial charge in [0, 0.05) is 17.5 Å². The molecule has 0 amide bonds. The van der Waals surface area contributed by atoms with Crippen molar-refractivity contribution >= 4 is 16.9 Å². The largest absolute Gasteiger partial charge is 0.478 e. The summed E-state index contributed by atoms with van der Waals surface area (Å²) in [6.45, 7) is 2.48. The zero-order valence-corrected chi connectivity index (χ0v) is 16.0. The van der Waals surface area contributed by atoms with Crippen LogP contribution >= 0.6 is 0 Å². The topological polar surface area (TPSA) is 76.2 Å². The van der Waals surface area contributed by atoms with Crippen molar-refractivity contribution in [3.8, 4) is 11.3 Å². The zero-order chi connectivity index (χ0) is 20.8. The Morgan fingerprint density at radius 3 is 2.38 bits per heavy atom. The number of aromatic nitrogens is 1. The lowest BCUT2D eigenvalue weighted by Gasteiger charge is -2.07. The van der Waals surface area contributed by atoms with Crippen molar-refractivity contribution in [3.63, 3.8) is 0 Å². The van der Waals surface area contributed by atoms with Crippen molar-refractivity contribution < 1.29 is 14.3 Å². The molecule has 4 aromatic rings. The maximum Gasteiger partial charge on any atom is 0.336 e. The molecule has 1 heterocycles. The predicted molar refractivity (Wildman–Crippen MR) is 113 cm³/mol. The number of carboxylic acid groups (broad SMARTS) is 1. The quantitative estimate of drug-likeness (QED) is 0.506. The predicted octanol–water partition coefficient (Wildman–Crippen LogP) is 5.19. The van der Waals surface area contributed by atoms with Gasteiger partial charge in [-0.3, -0.25) is 0 Å². The van der Waals surface area contributed by atoms with E-state index in [1.165, 1.54) is 12.1 Å². The van der Waals surface area contributed by atoms with Gasteiger partial charge in [-0.15, -0.1) is 0 Å². The highest BCUT2D eigenvalue weighted by atomic mass is 19.1. The Morgan fingerprint density at radius 2 is 1.72 bits per heavy atom. The number of nitrogens with zero attached hydrogens (tertiary/aromatic N) is 1. The fourth-order valence-electron chi connectivity index (χ4n) is 2.93. The van der Waals surface area contributed by atoms with E-state index in [4.69, 9.17) is 5.73 Å². The van der Waals surface area contributed by atoms with Gasteiger partial charge >= 0.3 is 5.97 Å². The van der Waals surface area contributed by atoms with Crippen LogP contribution in [-0.4, -0.2) is 16.1 Å². The summed E-state index contributed by atoms with van der Waals surface area (Å²) in [5.41, 5.74) is 9.95. The van der Waals surface area contributed by atoms with Crippen molar-refractivity contribution in [1.82, 2.24) is 4.98 Å². The van der Waals surface area contributed by atoms with Crippen molar-refractivity contribution in [2.45, 2.75) is 13.5 Å². The maximum absolute atomic E-state index is 12.2. The van der Waals surface area contributed by atoms with Crippen molar-refractivity contribution in [2.75, 3.05) is 0 Å². The van der Waals surface area contributed by atoms with Crippen molar-refractivity contribution in [1.29, 1.82) is 0 Å². The number of benzene rings is 3. The molecule has 3 N–H and O–H groups in total. The van der Waals surface area contributed by atoms with Crippen LogP contribution in [0.5, 0.6) is 0 Å². The Morgan fingerprint density at radius 1 is 1.00 bits per heavy atom. The lowest BCUT2D eigenvalue weighted by Crippen LogP contribution is -2.00. The van der Waals surface area contributed by atoms with E-state index in [-0.39, 0.29) is 11.4 Å². The first kappa shape index (κ1) is 20.2. The minimum absolute atomic E-state index is 0.216. The monoisotopic (exact) mass is 388 g/mol. The van der Waals surface area contributed by atoms with E-state index in [0.717, 1.165) is 16.7 Å². The summed E-state index contributed by atoms with van der Waals surface area (Å²) in [4.78, 5) is 16.0. The Labute approximate surface area is 168 Å². The normalized spacial score (nSPS) is 10.3. The van der Waals surface area contributed by atoms with E-state index >= 15 is 0 Å². The number of hydrogen-bond donors (Lipinski definition) is 2. The average Bonchev–Trinajstić information content (AvgIpc) is 2.74. The third kappa shape index (κ3) is 5.03. The standard InChI is InChI=1S/C17H13NO2.C7H8FN/c1-11-5-4-6-12(9-11)16-10-14(17(19)20)13-7-2-3-8-15(13)18-16;8-7-3-1-6(5-9)2-4-7/h2-10H,1H3,(H,19,20);1-4H,5,9H2. The molecule has 146 valence electrons. The van der Waals surface area contributed by atoms with Gasteiger partial charge in [0.2, 0.25) is 0 Å². The van der Waals surface area contributed by atoms with Gasteiger partial charge in [0.05, 0.1) is 16.8 Å². The highest BCUT2D eigenvalue weighted by Crippen LogP contribution is 2.25. The van der Waals surface area contributed by atoms with Gasteiger partial charge in [-0.1, -0.05) is 54.1 Å². The number of carboxylic acids is 1. The van der Waals surface area contributed by atoms with Crippen LogP contribution in [0.2, 0.25) is 0 Å². The van der Waals surface area contributed by atoms with Crippen LogP contribution in [0, 0.1) is 12.7 Å². The molecule has 5 heteroatoms. The summed E-state index contributed by atoms with van der Waals surface area (Å²) in [5, 5.41) is 10.0. The number of aromatic carboxylic acids is 1. The van der Waals surface area contributed by atoms with Gasteiger partial charge in [-0.05, 0) is 42.8 Å². The van der Waals surface area contributed by atoms with Crippen molar-refractivity contribution in [2.24, 2.45) is 5.73 Å². The number of nitrogens with two attached hydrogens (primary N) is 1. The average molecular weight is 388 g/mol. The van der Waals surface area contributed by atoms with Crippen LogP contribution in [0.3, 0.4) is 0 Å². The third-order valence-electron chi connectivity index (χ3n) is 4.41. The van der Waals surface area contributed by atoms with Gasteiger partial charge in [0.15, 0.2) is 0 Å². The Balaban J connectivity index is 0.000000224. The second kappa shape index (κ2) is 9.08. The molecule has 0 aliphatic heterocycles. The molecule has 1 aromatic heterocycles. The smallest absolute Gasteiger partial charge is 0.336 e. The number of pyridine rings is 1. The molecule has 0 unspecified atom stereocenters. The number of halogens is 1. The molecule has 0 saturated carbocycles. The summed E-state index contributed by atoms with van der Waals surface area (Å²) in [7, 11) is 0. The molecular formula is C24H21FN2O2. The van der Waals surface area contributed by atoms with Crippen LogP contribution in [0.4, 0.5) is 4.39 Å². The lowest BCUT2D eigenvalue weighted by molar-refractivity contribution is 0.0699. The Hall–Kier alpha value is -3.57. The van der Waals surface area contributed by atoms with Crippen LogP contribution in [0.25, 0.3) is 22.2 Å². The van der Waals surface area contributed by atoms with E-state index in [9.17, 15) is 14.3 Å². The zero-order valence-electron chi connectivity index (χ0n) is 16.0. The van der Waals surface area contributed by atoms with Gasteiger partial charge in [0.1, 0.15) is 5.82 Å². The summed E-state index contributed by atoms with van der Waals surface area (Å²) >= 11 is 0. The van der Waals surface area contributed by atoms with Gasteiger partial charge in [-0.2, -0.15) is 0 Å². The highest BCUT2D eigenvalue weighted by Gasteiger charge is 2.12. The van der Waals surface area contributed by atoms with Gasteiger partial charge < -0.3 is 10.8 Å². The summed E-state index contributed by atoms with van der Waals surface area (Å²) in [6, 6.07) is 23.0. The van der Waals surface area contributed by atoms with Crippen LogP contribution < -0.4 is 5.73 Å². The fourth-order valence-corrected chi connectivity index (χ4v) is 2.93. The first-order valence-electron chi connectivity index (χ1n) is 9.12. The highest BCUT2D eigenvalue weighted by molar-refractivity contribution is 6.03. The number of fused-ring (bicyclic) bond motifs is 1. The Bertz CT molecular complexity index is 1140. The summed E-state index contributed by atoms with van der Waals surface area (Å²) in [5.74, 6) is -1.15. The fraction of sp³-hybridized carbons (Fsp3) is 0.0833. The molecule has 3 aromatic carbocycles. The number of aryl methyl sites for hydroxylation is 1. The lowest BCUT2D eigenvalue weighted by atomic mass is 10.0. The molecule has 0 atom stereocenters. The molecule has 0 fully saturated rings. The second-order valence-electron chi connectivity index (χ2n) is 6.58. The van der Waals surface area contributed by atoms with Crippen LogP contribution in [0.1, 0.15) is 21.5 Å².